The number of halogens is 1. The highest BCUT2D eigenvalue weighted by molar-refractivity contribution is 6.17. The minimum Gasteiger partial charge on any atom is -0.322 e. The zero-order valence-electron chi connectivity index (χ0n) is 11.3. The van der Waals surface area contributed by atoms with Gasteiger partial charge in [-0.2, -0.15) is 0 Å². The molecule has 0 atom stereocenters. The van der Waals surface area contributed by atoms with Crippen molar-refractivity contribution >= 4 is 28.9 Å². The maximum Gasteiger partial charge on any atom is 0.272 e. The van der Waals surface area contributed by atoms with E-state index in [2.05, 4.69) is 5.32 Å². The van der Waals surface area contributed by atoms with Gasteiger partial charge in [-0.3, -0.25) is 14.9 Å². The van der Waals surface area contributed by atoms with Gasteiger partial charge in [-0.1, -0.05) is 12.1 Å². The molecule has 0 bridgehead atoms. The van der Waals surface area contributed by atoms with Crippen molar-refractivity contribution in [3.63, 3.8) is 0 Å². The number of rotatable bonds is 4. The molecule has 0 unspecified atom stereocenters. The molecule has 0 aliphatic rings. The van der Waals surface area contributed by atoms with Gasteiger partial charge in [-0.15, -0.1) is 11.6 Å². The van der Waals surface area contributed by atoms with Crippen molar-refractivity contribution < 1.29 is 9.72 Å². The van der Waals surface area contributed by atoms with Gasteiger partial charge in [0, 0.05) is 28.8 Å². The smallest absolute Gasteiger partial charge is 0.272 e. The Kier molecular flexibility index (Phi) is 4.55. The van der Waals surface area contributed by atoms with Crippen LogP contribution in [0.15, 0.2) is 42.5 Å². The Morgan fingerprint density at radius 3 is 2.43 bits per heavy atom. The van der Waals surface area contributed by atoms with Crippen LogP contribution in [0.25, 0.3) is 0 Å². The van der Waals surface area contributed by atoms with Gasteiger partial charge in [0.15, 0.2) is 0 Å². The third-order valence-electron chi connectivity index (χ3n) is 3.02. The lowest BCUT2D eigenvalue weighted by Crippen LogP contribution is -2.12. The molecule has 0 aliphatic heterocycles. The molecule has 0 fully saturated rings. The van der Waals surface area contributed by atoms with E-state index in [1.54, 1.807) is 19.1 Å². The normalized spacial score (nSPS) is 10.2. The van der Waals surface area contributed by atoms with E-state index in [1.165, 1.54) is 18.2 Å². The molecule has 1 N–H and O–H groups in total. The number of nitro groups is 1. The first-order chi connectivity index (χ1) is 10.0. The monoisotopic (exact) mass is 304 g/mol. The van der Waals surface area contributed by atoms with Crippen molar-refractivity contribution in [3.05, 3.63) is 69.3 Å². The van der Waals surface area contributed by atoms with E-state index in [4.69, 9.17) is 11.6 Å². The van der Waals surface area contributed by atoms with Gasteiger partial charge >= 0.3 is 0 Å². The second kappa shape index (κ2) is 6.37. The van der Waals surface area contributed by atoms with Gasteiger partial charge in [0.05, 0.1) is 4.92 Å². The van der Waals surface area contributed by atoms with E-state index in [9.17, 15) is 14.9 Å². The molecule has 2 aromatic carbocycles. The van der Waals surface area contributed by atoms with Crippen molar-refractivity contribution in [2.45, 2.75) is 12.8 Å². The number of hydrogen-bond donors (Lipinski definition) is 1. The first kappa shape index (κ1) is 15.0. The summed E-state index contributed by atoms with van der Waals surface area (Å²) in [5.41, 5.74) is 2.42. The van der Waals surface area contributed by atoms with Crippen LogP contribution in [0, 0.1) is 17.0 Å². The predicted octanol–water partition coefficient (Wildman–Crippen LogP) is 3.89. The first-order valence-electron chi connectivity index (χ1n) is 6.22. The van der Waals surface area contributed by atoms with Crippen LogP contribution in [0.2, 0.25) is 0 Å². The summed E-state index contributed by atoms with van der Waals surface area (Å²) in [6.07, 6.45) is 0. The van der Waals surface area contributed by atoms with Gasteiger partial charge < -0.3 is 5.32 Å². The fourth-order valence-corrected chi connectivity index (χ4v) is 2.06. The van der Waals surface area contributed by atoms with Crippen LogP contribution in [-0.4, -0.2) is 10.8 Å². The van der Waals surface area contributed by atoms with Gasteiger partial charge in [-0.25, -0.2) is 0 Å². The molecule has 21 heavy (non-hydrogen) atoms. The van der Waals surface area contributed by atoms with E-state index in [-0.39, 0.29) is 11.6 Å². The molecule has 6 heteroatoms. The lowest BCUT2D eigenvalue weighted by atomic mass is 10.1. The van der Waals surface area contributed by atoms with Crippen molar-refractivity contribution in [3.8, 4) is 0 Å². The van der Waals surface area contributed by atoms with Crippen molar-refractivity contribution in [2.75, 3.05) is 5.32 Å². The molecule has 0 aromatic heterocycles. The van der Waals surface area contributed by atoms with Crippen LogP contribution in [0.4, 0.5) is 11.4 Å². The topological polar surface area (TPSA) is 72.2 Å². The highest BCUT2D eigenvalue weighted by Gasteiger charge is 2.13. The van der Waals surface area contributed by atoms with Crippen molar-refractivity contribution in [1.29, 1.82) is 0 Å². The number of nitrogens with one attached hydrogen (secondary N) is 1. The number of nitrogens with zero attached hydrogens (tertiary/aromatic N) is 1. The SMILES string of the molecule is Cc1cc(C(=O)Nc2ccc(CCl)cc2)ccc1[N+](=O)[O-]. The van der Waals surface area contributed by atoms with Crippen molar-refractivity contribution in [1.82, 2.24) is 0 Å². The zero-order valence-corrected chi connectivity index (χ0v) is 12.1. The van der Waals surface area contributed by atoms with Crippen molar-refractivity contribution in [2.24, 2.45) is 0 Å². The molecule has 0 heterocycles. The van der Waals surface area contributed by atoms with Crippen LogP contribution in [-0.2, 0) is 5.88 Å². The molecule has 2 rings (SSSR count). The average molecular weight is 305 g/mol. The quantitative estimate of drug-likeness (QED) is 0.529. The maximum absolute atomic E-state index is 12.1. The Morgan fingerprint density at radius 1 is 1.24 bits per heavy atom. The molecule has 108 valence electrons. The van der Waals surface area contributed by atoms with E-state index in [0.717, 1.165) is 5.56 Å². The standard InChI is InChI=1S/C15H13ClN2O3/c1-10-8-12(4-7-14(10)18(20)21)15(19)17-13-5-2-11(9-16)3-6-13/h2-8H,9H2,1H3,(H,17,19). The number of amides is 1. The second-order valence-electron chi connectivity index (χ2n) is 4.54. The summed E-state index contributed by atoms with van der Waals surface area (Å²) in [7, 11) is 0. The minimum absolute atomic E-state index is 0.00184. The number of carbonyl (C=O) groups excluding carboxylic acids is 1. The number of aryl methyl sites for hydroxylation is 1. The number of nitro benzene ring substituents is 1. The molecule has 0 saturated carbocycles. The van der Waals surface area contributed by atoms with Crippen LogP contribution < -0.4 is 5.32 Å². The van der Waals surface area contributed by atoms with E-state index < -0.39 is 4.92 Å². The highest BCUT2D eigenvalue weighted by atomic mass is 35.5. The Bertz CT molecular complexity index is 684. The second-order valence-corrected chi connectivity index (χ2v) is 4.81. The zero-order chi connectivity index (χ0) is 15.4. The largest absolute Gasteiger partial charge is 0.322 e. The number of carbonyl (C=O) groups is 1. The molecule has 0 spiro atoms. The van der Waals surface area contributed by atoms with E-state index in [1.807, 2.05) is 12.1 Å². The molecule has 5 nitrogen and oxygen atoms in total. The Balaban J connectivity index is 2.16. The van der Waals surface area contributed by atoms with Gasteiger partial charge in [0.25, 0.3) is 11.6 Å². The van der Waals surface area contributed by atoms with Gasteiger partial charge in [0.2, 0.25) is 0 Å². The summed E-state index contributed by atoms with van der Waals surface area (Å²) < 4.78 is 0. The number of benzene rings is 2. The molecular formula is C15H13ClN2O3. The van der Waals surface area contributed by atoms with Crippen LogP contribution in [0.1, 0.15) is 21.5 Å². The molecule has 0 saturated heterocycles. The number of hydrogen-bond acceptors (Lipinski definition) is 3. The first-order valence-corrected chi connectivity index (χ1v) is 6.76. The lowest BCUT2D eigenvalue weighted by molar-refractivity contribution is -0.385. The maximum atomic E-state index is 12.1. The van der Waals surface area contributed by atoms with E-state index >= 15 is 0 Å². The number of anilines is 1. The summed E-state index contributed by atoms with van der Waals surface area (Å²) in [6, 6.07) is 11.4. The predicted molar refractivity (Wildman–Crippen MR) is 81.8 cm³/mol. The molecule has 0 radical (unpaired) electrons. The third kappa shape index (κ3) is 3.58. The summed E-state index contributed by atoms with van der Waals surface area (Å²) in [6.45, 7) is 1.60. The fourth-order valence-electron chi connectivity index (χ4n) is 1.88. The fraction of sp³-hybridized carbons (Fsp3) is 0.133. The van der Waals surface area contributed by atoms with Crippen LogP contribution >= 0.6 is 11.6 Å². The third-order valence-corrected chi connectivity index (χ3v) is 3.33. The average Bonchev–Trinajstić information content (AvgIpc) is 2.47. The molecule has 1 amide bonds. The summed E-state index contributed by atoms with van der Waals surface area (Å²) in [4.78, 5) is 22.4. The summed E-state index contributed by atoms with van der Waals surface area (Å²) in [5.74, 6) is 0.0992. The Morgan fingerprint density at radius 2 is 1.90 bits per heavy atom. The van der Waals surface area contributed by atoms with Crippen LogP contribution in [0.3, 0.4) is 0 Å². The summed E-state index contributed by atoms with van der Waals surface area (Å²) >= 11 is 5.70. The Labute approximate surface area is 126 Å². The highest BCUT2D eigenvalue weighted by Crippen LogP contribution is 2.20. The molecule has 2 aromatic rings. The van der Waals surface area contributed by atoms with Crippen LogP contribution in [0.5, 0.6) is 0 Å². The van der Waals surface area contributed by atoms with Gasteiger partial charge in [-0.05, 0) is 36.8 Å². The van der Waals surface area contributed by atoms with Gasteiger partial charge in [0.1, 0.15) is 0 Å². The lowest BCUT2D eigenvalue weighted by Gasteiger charge is -2.07. The van der Waals surface area contributed by atoms with E-state index in [0.29, 0.717) is 22.7 Å². The molecule has 0 aliphatic carbocycles. The minimum atomic E-state index is -0.470. The summed E-state index contributed by atoms with van der Waals surface area (Å²) in [5, 5.41) is 13.5. The molecular weight excluding hydrogens is 292 g/mol. The number of alkyl halides is 1. The Hall–Kier alpha value is -2.40.